The van der Waals surface area contributed by atoms with Gasteiger partial charge in [0.2, 0.25) is 5.91 Å². The summed E-state index contributed by atoms with van der Waals surface area (Å²) < 4.78 is 14.0. The maximum absolute atomic E-state index is 13.5. The zero-order chi connectivity index (χ0) is 16.3. The molecule has 1 aliphatic rings. The molecule has 0 unspecified atom stereocenters. The van der Waals surface area contributed by atoms with E-state index in [2.05, 4.69) is 20.8 Å². The van der Waals surface area contributed by atoms with Crippen molar-refractivity contribution in [2.24, 2.45) is 11.7 Å². The molecule has 0 aromatic heterocycles. The van der Waals surface area contributed by atoms with Gasteiger partial charge in [0, 0.05) is 32.7 Å². The third-order valence-electron chi connectivity index (χ3n) is 4.08. The molecule has 1 heterocycles. The van der Waals surface area contributed by atoms with Crippen LogP contribution in [0.3, 0.4) is 0 Å². The van der Waals surface area contributed by atoms with Gasteiger partial charge in [0.1, 0.15) is 5.82 Å². The molecule has 1 aromatic rings. The first-order chi connectivity index (χ1) is 10.4. The minimum absolute atomic E-state index is 0.0318. The average Bonchev–Trinajstić information content (AvgIpc) is 2.50. The van der Waals surface area contributed by atoms with Gasteiger partial charge in [0.15, 0.2) is 0 Å². The topological polar surface area (TPSA) is 49.6 Å². The Labute approximate surface area is 139 Å². The number of nitrogens with two attached hydrogens (primary N) is 1. The van der Waals surface area contributed by atoms with Gasteiger partial charge in [-0.15, -0.1) is 0 Å². The number of amides is 1. The number of carbonyl (C=O) groups is 1. The van der Waals surface area contributed by atoms with Crippen molar-refractivity contribution in [1.29, 1.82) is 0 Å². The summed E-state index contributed by atoms with van der Waals surface area (Å²) in [5.41, 5.74) is 6.87. The van der Waals surface area contributed by atoms with Crippen molar-refractivity contribution in [1.82, 2.24) is 9.80 Å². The smallest absolute Gasteiger partial charge is 0.239 e. The molecule has 1 saturated heterocycles. The Morgan fingerprint density at radius 3 is 2.50 bits per heavy atom. The van der Waals surface area contributed by atoms with Crippen LogP contribution in [0.15, 0.2) is 22.7 Å². The molecule has 0 bridgehead atoms. The zero-order valence-electron chi connectivity index (χ0n) is 13.1. The molecule has 6 heteroatoms. The van der Waals surface area contributed by atoms with Crippen LogP contribution < -0.4 is 5.73 Å². The summed E-state index contributed by atoms with van der Waals surface area (Å²) in [5, 5.41) is 0. The van der Waals surface area contributed by atoms with E-state index in [1.165, 1.54) is 0 Å². The Hall–Kier alpha value is -0.980. The van der Waals surface area contributed by atoms with Gasteiger partial charge in [-0.1, -0.05) is 19.9 Å². The Morgan fingerprint density at radius 2 is 1.95 bits per heavy atom. The molecule has 1 aromatic carbocycles. The Bertz CT molecular complexity index is 530. The SMILES string of the molecule is CC(C)[C@H](N)C(=O)N1CCN(Cc2ccc(Br)c(F)c2)CC1. The predicted octanol–water partition coefficient (Wildman–Crippen LogP) is 2.22. The largest absolute Gasteiger partial charge is 0.339 e. The molecule has 1 aliphatic heterocycles. The van der Waals surface area contributed by atoms with Gasteiger partial charge >= 0.3 is 0 Å². The third-order valence-corrected chi connectivity index (χ3v) is 4.72. The molecule has 0 aliphatic carbocycles. The van der Waals surface area contributed by atoms with Crippen LogP contribution in [0, 0.1) is 11.7 Å². The van der Waals surface area contributed by atoms with Crippen LogP contribution in [0.2, 0.25) is 0 Å². The van der Waals surface area contributed by atoms with Crippen molar-refractivity contribution in [2.45, 2.75) is 26.4 Å². The van der Waals surface area contributed by atoms with Crippen LogP contribution in [0.1, 0.15) is 19.4 Å². The highest BCUT2D eigenvalue weighted by atomic mass is 79.9. The second kappa shape index (κ2) is 7.53. The van der Waals surface area contributed by atoms with Crippen LogP contribution in [0.25, 0.3) is 0 Å². The fourth-order valence-corrected chi connectivity index (χ4v) is 2.77. The van der Waals surface area contributed by atoms with E-state index in [0.717, 1.165) is 18.7 Å². The molecule has 1 amide bonds. The summed E-state index contributed by atoms with van der Waals surface area (Å²) in [6.07, 6.45) is 0. The minimum Gasteiger partial charge on any atom is -0.339 e. The quantitative estimate of drug-likeness (QED) is 0.882. The third kappa shape index (κ3) is 4.27. The number of nitrogens with zero attached hydrogens (tertiary/aromatic N) is 2. The summed E-state index contributed by atoms with van der Waals surface area (Å²) in [6, 6.07) is 4.77. The predicted molar refractivity (Wildman–Crippen MR) is 88.8 cm³/mol. The highest BCUT2D eigenvalue weighted by molar-refractivity contribution is 9.10. The number of piperazine rings is 1. The molecule has 0 radical (unpaired) electrons. The standard InChI is InChI=1S/C16H23BrFN3O/c1-11(2)15(19)16(22)21-7-5-20(6-8-21)10-12-3-4-13(17)14(18)9-12/h3-4,9,11,15H,5-8,10,19H2,1-2H3/t15-/m0/s1. The maximum Gasteiger partial charge on any atom is 0.239 e. The van der Waals surface area contributed by atoms with Crippen LogP contribution >= 0.6 is 15.9 Å². The number of carbonyl (C=O) groups excluding carboxylic acids is 1. The molecule has 22 heavy (non-hydrogen) atoms. The Morgan fingerprint density at radius 1 is 1.32 bits per heavy atom. The van der Waals surface area contributed by atoms with Crippen LogP contribution in [0.5, 0.6) is 0 Å². The highest BCUT2D eigenvalue weighted by Crippen LogP contribution is 2.18. The van der Waals surface area contributed by atoms with Crippen molar-refractivity contribution >= 4 is 21.8 Å². The number of hydrogen-bond donors (Lipinski definition) is 1. The van der Waals surface area contributed by atoms with E-state index < -0.39 is 6.04 Å². The summed E-state index contributed by atoms with van der Waals surface area (Å²) in [5.74, 6) is -0.0603. The molecule has 2 rings (SSSR count). The van der Waals surface area contributed by atoms with Gasteiger partial charge in [-0.3, -0.25) is 9.69 Å². The lowest BCUT2D eigenvalue weighted by Crippen LogP contribution is -2.54. The number of benzene rings is 1. The molecule has 1 atom stereocenters. The van der Waals surface area contributed by atoms with Gasteiger partial charge in [-0.2, -0.15) is 0 Å². The summed E-state index contributed by atoms with van der Waals surface area (Å²) in [6.45, 7) is 7.54. The van der Waals surface area contributed by atoms with Crippen LogP contribution in [-0.4, -0.2) is 47.9 Å². The number of hydrogen-bond acceptors (Lipinski definition) is 3. The first-order valence-corrected chi connectivity index (χ1v) is 8.38. The monoisotopic (exact) mass is 371 g/mol. The molecule has 1 fully saturated rings. The molecular formula is C16H23BrFN3O. The van der Waals surface area contributed by atoms with E-state index in [1.807, 2.05) is 24.8 Å². The van der Waals surface area contributed by atoms with Gasteiger partial charge in [-0.05, 0) is 39.5 Å². The fourth-order valence-electron chi connectivity index (χ4n) is 2.52. The minimum atomic E-state index is -0.424. The van der Waals surface area contributed by atoms with Crippen molar-refractivity contribution in [3.05, 3.63) is 34.1 Å². The van der Waals surface area contributed by atoms with Gasteiger partial charge in [-0.25, -0.2) is 4.39 Å². The first-order valence-electron chi connectivity index (χ1n) is 7.59. The van der Waals surface area contributed by atoms with E-state index in [-0.39, 0.29) is 17.6 Å². The van der Waals surface area contributed by atoms with Crippen LogP contribution in [0.4, 0.5) is 4.39 Å². The van der Waals surface area contributed by atoms with Crippen molar-refractivity contribution in [3.63, 3.8) is 0 Å². The maximum atomic E-state index is 13.5. The van der Waals surface area contributed by atoms with Gasteiger partial charge < -0.3 is 10.6 Å². The van der Waals surface area contributed by atoms with E-state index in [9.17, 15) is 9.18 Å². The molecule has 0 saturated carbocycles. The molecule has 0 spiro atoms. The summed E-state index contributed by atoms with van der Waals surface area (Å²) >= 11 is 3.16. The number of halogens is 2. The first kappa shape index (κ1) is 17.4. The lowest BCUT2D eigenvalue weighted by Gasteiger charge is -2.36. The normalized spacial score (nSPS) is 17.8. The average molecular weight is 372 g/mol. The van der Waals surface area contributed by atoms with Crippen molar-refractivity contribution in [3.8, 4) is 0 Å². The molecule has 122 valence electrons. The number of rotatable bonds is 4. The van der Waals surface area contributed by atoms with E-state index in [1.54, 1.807) is 12.1 Å². The summed E-state index contributed by atoms with van der Waals surface area (Å²) in [7, 11) is 0. The van der Waals surface area contributed by atoms with Crippen molar-refractivity contribution in [2.75, 3.05) is 26.2 Å². The second-order valence-electron chi connectivity index (χ2n) is 6.12. The van der Waals surface area contributed by atoms with Crippen molar-refractivity contribution < 1.29 is 9.18 Å². The Kier molecular flexibility index (Phi) is 5.94. The van der Waals surface area contributed by atoms with E-state index in [4.69, 9.17) is 5.73 Å². The summed E-state index contributed by atoms with van der Waals surface area (Å²) in [4.78, 5) is 16.3. The molecule has 4 nitrogen and oxygen atoms in total. The lowest BCUT2D eigenvalue weighted by atomic mass is 10.0. The molecule has 2 N–H and O–H groups in total. The van der Waals surface area contributed by atoms with Crippen LogP contribution in [-0.2, 0) is 11.3 Å². The van der Waals surface area contributed by atoms with Gasteiger partial charge in [0.05, 0.1) is 10.5 Å². The lowest BCUT2D eigenvalue weighted by molar-refractivity contribution is -0.135. The van der Waals surface area contributed by atoms with E-state index >= 15 is 0 Å². The second-order valence-corrected chi connectivity index (χ2v) is 6.97. The Balaban J connectivity index is 1.87. The zero-order valence-corrected chi connectivity index (χ0v) is 14.6. The van der Waals surface area contributed by atoms with Gasteiger partial charge in [0.25, 0.3) is 0 Å². The molecular weight excluding hydrogens is 349 g/mol. The fraction of sp³-hybridized carbons (Fsp3) is 0.562. The van der Waals surface area contributed by atoms with E-state index in [0.29, 0.717) is 24.1 Å². The highest BCUT2D eigenvalue weighted by Gasteiger charge is 2.26.